The average molecular weight is 445 g/mol. The summed E-state index contributed by atoms with van der Waals surface area (Å²) in [6.07, 6.45) is 0. The molecule has 2 heterocycles. The number of carbonyl (C=O) groups is 3. The Balaban J connectivity index is 1.58. The normalized spacial score (nSPS) is 19.5. The standard InChI is InChI=1S/C24H16FN3O5/c1-13-3-2-4-16(11-13)26-20(14-5-7-15(25)8-6-14)21(24(26)31)27-22(29)18-10-9-17(28(32)33)12-19(18)23(27)30/h2-12,20-21H,1H3/t20-,21-/m0/s1. The average Bonchev–Trinajstić information content (AvgIpc) is 3.03. The lowest BCUT2D eigenvalue weighted by atomic mass is 9.86. The summed E-state index contributed by atoms with van der Waals surface area (Å²) in [6, 6.07) is 14.2. The fourth-order valence-electron chi connectivity index (χ4n) is 4.40. The molecule has 0 saturated carbocycles. The second-order valence-corrected chi connectivity index (χ2v) is 7.96. The van der Waals surface area contributed by atoms with E-state index in [9.17, 15) is 28.9 Å². The molecule has 0 bridgehead atoms. The number of nitro benzene ring substituents is 1. The van der Waals surface area contributed by atoms with E-state index in [1.54, 1.807) is 18.2 Å². The van der Waals surface area contributed by atoms with Gasteiger partial charge in [0.05, 0.1) is 22.1 Å². The molecule has 33 heavy (non-hydrogen) atoms. The smallest absolute Gasteiger partial charge is 0.270 e. The van der Waals surface area contributed by atoms with Gasteiger partial charge in [-0.15, -0.1) is 0 Å². The maximum atomic E-state index is 13.6. The number of fused-ring (bicyclic) bond motifs is 1. The first kappa shape index (κ1) is 20.5. The van der Waals surface area contributed by atoms with Gasteiger partial charge in [0.2, 0.25) is 0 Å². The van der Waals surface area contributed by atoms with Gasteiger partial charge in [-0.2, -0.15) is 0 Å². The summed E-state index contributed by atoms with van der Waals surface area (Å²) < 4.78 is 13.6. The molecule has 3 aromatic rings. The third-order valence-corrected chi connectivity index (χ3v) is 5.95. The van der Waals surface area contributed by atoms with Crippen molar-refractivity contribution in [3.05, 3.63) is 105 Å². The summed E-state index contributed by atoms with van der Waals surface area (Å²) in [5.41, 5.74) is 1.60. The van der Waals surface area contributed by atoms with Crippen molar-refractivity contribution < 1.29 is 23.7 Å². The minimum Gasteiger partial charge on any atom is -0.300 e. The van der Waals surface area contributed by atoms with Crippen molar-refractivity contribution in [3.63, 3.8) is 0 Å². The Labute approximate surface area is 187 Å². The molecule has 0 unspecified atom stereocenters. The first-order valence-electron chi connectivity index (χ1n) is 10.1. The van der Waals surface area contributed by atoms with E-state index in [4.69, 9.17) is 0 Å². The van der Waals surface area contributed by atoms with Crippen LogP contribution in [0.1, 0.15) is 37.9 Å². The number of imide groups is 1. The quantitative estimate of drug-likeness (QED) is 0.263. The van der Waals surface area contributed by atoms with Gasteiger partial charge in [0.15, 0.2) is 0 Å². The highest BCUT2D eigenvalue weighted by Gasteiger charge is 2.57. The van der Waals surface area contributed by atoms with E-state index in [1.807, 2.05) is 13.0 Å². The fourth-order valence-corrected chi connectivity index (χ4v) is 4.40. The predicted molar refractivity (Wildman–Crippen MR) is 115 cm³/mol. The maximum Gasteiger partial charge on any atom is 0.270 e. The molecule has 2 atom stereocenters. The number of nitro groups is 1. The van der Waals surface area contributed by atoms with E-state index in [2.05, 4.69) is 0 Å². The molecular formula is C24H16FN3O5. The number of hydrogen-bond donors (Lipinski definition) is 0. The van der Waals surface area contributed by atoms with E-state index in [1.165, 1.54) is 35.2 Å². The fraction of sp³-hybridized carbons (Fsp3) is 0.125. The van der Waals surface area contributed by atoms with Crippen molar-refractivity contribution in [2.45, 2.75) is 19.0 Å². The number of amides is 3. The van der Waals surface area contributed by atoms with Gasteiger partial charge >= 0.3 is 0 Å². The predicted octanol–water partition coefficient (Wildman–Crippen LogP) is 3.80. The summed E-state index contributed by atoms with van der Waals surface area (Å²) in [4.78, 5) is 52.4. The van der Waals surface area contributed by atoms with Crippen LogP contribution in [0.3, 0.4) is 0 Å². The molecule has 0 aliphatic carbocycles. The minimum absolute atomic E-state index is 0.00487. The second-order valence-electron chi connectivity index (χ2n) is 7.96. The van der Waals surface area contributed by atoms with Crippen molar-refractivity contribution in [1.29, 1.82) is 0 Å². The largest absolute Gasteiger partial charge is 0.300 e. The molecule has 9 heteroatoms. The Morgan fingerprint density at radius 1 is 0.848 bits per heavy atom. The number of benzene rings is 3. The van der Waals surface area contributed by atoms with Gasteiger partial charge in [-0.1, -0.05) is 24.3 Å². The van der Waals surface area contributed by atoms with Gasteiger partial charge in [-0.05, 0) is 48.4 Å². The molecule has 1 saturated heterocycles. The molecule has 1 fully saturated rings. The highest BCUT2D eigenvalue weighted by molar-refractivity contribution is 6.25. The zero-order chi connectivity index (χ0) is 23.4. The van der Waals surface area contributed by atoms with Crippen LogP contribution >= 0.6 is 0 Å². The Bertz CT molecular complexity index is 1350. The van der Waals surface area contributed by atoms with Gasteiger partial charge in [0.25, 0.3) is 23.4 Å². The second kappa shape index (κ2) is 7.33. The van der Waals surface area contributed by atoms with E-state index in [0.29, 0.717) is 11.3 Å². The van der Waals surface area contributed by atoms with E-state index in [0.717, 1.165) is 22.6 Å². The summed E-state index contributed by atoms with van der Waals surface area (Å²) in [6.45, 7) is 1.87. The number of carbonyl (C=O) groups excluding carboxylic acids is 3. The monoisotopic (exact) mass is 445 g/mol. The molecular weight excluding hydrogens is 429 g/mol. The van der Waals surface area contributed by atoms with Gasteiger partial charge in [0, 0.05) is 17.8 Å². The minimum atomic E-state index is -1.16. The van der Waals surface area contributed by atoms with Gasteiger partial charge < -0.3 is 4.90 Å². The van der Waals surface area contributed by atoms with Crippen LogP contribution < -0.4 is 4.90 Å². The number of non-ortho nitro benzene ring substituents is 1. The lowest BCUT2D eigenvalue weighted by molar-refractivity contribution is -0.384. The van der Waals surface area contributed by atoms with Gasteiger partial charge in [0.1, 0.15) is 11.9 Å². The Morgan fingerprint density at radius 2 is 1.55 bits per heavy atom. The lowest BCUT2D eigenvalue weighted by Gasteiger charge is -2.49. The number of anilines is 1. The molecule has 0 N–H and O–H groups in total. The van der Waals surface area contributed by atoms with Gasteiger partial charge in [-0.25, -0.2) is 4.39 Å². The third kappa shape index (κ3) is 3.08. The van der Waals surface area contributed by atoms with Crippen LogP contribution in [0.25, 0.3) is 0 Å². The van der Waals surface area contributed by atoms with E-state index < -0.39 is 40.5 Å². The van der Waals surface area contributed by atoms with E-state index >= 15 is 0 Å². The summed E-state index contributed by atoms with van der Waals surface area (Å²) >= 11 is 0. The number of aryl methyl sites for hydroxylation is 1. The molecule has 5 rings (SSSR count). The zero-order valence-corrected chi connectivity index (χ0v) is 17.3. The van der Waals surface area contributed by atoms with Crippen molar-refractivity contribution in [2.24, 2.45) is 0 Å². The number of hydrogen-bond acceptors (Lipinski definition) is 5. The molecule has 3 amide bonds. The Morgan fingerprint density at radius 3 is 2.21 bits per heavy atom. The topological polar surface area (TPSA) is 101 Å². The number of halogens is 1. The van der Waals surface area contributed by atoms with Crippen LogP contribution in [0.2, 0.25) is 0 Å². The van der Waals surface area contributed by atoms with Crippen molar-refractivity contribution >= 4 is 29.1 Å². The van der Waals surface area contributed by atoms with Crippen molar-refractivity contribution in [3.8, 4) is 0 Å². The Kier molecular flexibility index (Phi) is 4.56. The first-order chi connectivity index (χ1) is 15.8. The lowest BCUT2D eigenvalue weighted by Crippen LogP contribution is -2.67. The van der Waals surface area contributed by atoms with Crippen LogP contribution in [0.15, 0.2) is 66.7 Å². The molecule has 0 radical (unpaired) electrons. The highest BCUT2D eigenvalue weighted by atomic mass is 19.1. The number of nitrogens with zero attached hydrogens (tertiary/aromatic N) is 3. The number of rotatable bonds is 4. The van der Waals surface area contributed by atoms with Gasteiger partial charge in [-0.3, -0.25) is 29.4 Å². The molecule has 3 aromatic carbocycles. The molecule has 164 valence electrons. The zero-order valence-electron chi connectivity index (χ0n) is 17.3. The molecule has 8 nitrogen and oxygen atoms in total. The summed E-state index contributed by atoms with van der Waals surface area (Å²) in [5, 5.41) is 11.1. The van der Waals surface area contributed by atoms with Crippen LogP contribution in [-0.4, -0.2) is 33.6 Å². The third-order valence-electron chi connectivity index (χ3n) is 5.95. The van der Waals surface area contributed by atoms with Crippen molar-refractivity contribution in [1.82, 2.24) is 4.90 Å². The van der Waals surface area contributed by atoms with E-state index in [-0.39, 0.29) is 16.8 Å². The van der Waals surface area contributed by atoms with Crippen molar-refractivity contribution in [2.75, 3.05) is 4.90 Å². The summed E-state index contributed by atoms with van der Waals surface area (Å²) in [7, 11) is 0. The molecule has 0 aromatic heterocycles. The summed E-state index contributed by atoms with van der Waals surface area (Å²) in [5.74, 6) is -2.40. The molecule has 2 aliphatic rings. The SMILES string of the molecule is Cc1cccc(N2C(=O)[C@@H](N3C(=O)c4ccc([N+](=O)[O-])cc4C3=O)[C@@H]2c2ccc(F)cc2)c1. The number of β-lactam (4-membered cyclic amide) rings is 1. The molecule has 2 aliphatic heterocycles. The van der Waals surface area contributed by atoms with Crippen LogP contribution in [0.5, 0.6) is 0 Å². The Hall–Kier alpha value is -4.40. The van der Waals surface area contributed by atoms with Crippen LogP contribution in [0, 0.1) is 22.9 Å². The maximum absolute atomic E-state index is 13.6. The van der Waals surface area contributed by atoms with Crippen LogP contribution in [-0.2, 0) is 4.79 Å². The first-order valence-corrected chi connectivity index (χ1v) is 10.1. The highest BCUT2D eigenvalue weighted by Crippen LogP contribution is 2.44. The van der Waals surface area contributed by atoms with Crippen LogP contribution in [0.4, 0.5) is 15.8 Å². The molecule has 0 spiro atoms.